The zero-order valence-corrected chi connectivity index (χ0v) is 16.3. The molecule has 0 atom stereocenters. The molecule has 0 bridgehead atoms. The number of aromatic nitrogens is 3. The van der Waals surface area contributed by atoms with E-state index < -0.39 is 0 Å². The van der Waals surface area contributed by atoms with Crippen molar-refractivity contribution in [1.29, 1.82) is 0 Å². The molecule has 3 heterocycles. The molecule has 2 aliphatic rings. The summed E-state index contributed by atoms with van der Waals surface area (Å²) in [5.74, 6) is 1.71. The first kappa shape index (κ1) is 19.3. The molecule has 0 amide bonds. The van der Waals surface area contributed by atoms with Gasteiger partial charge in [-0.3, -0.25) is 0 Å². The maximum atomic E-state index is 5.44. The van der Waals surface area contributed by atoms with E-state index in [2.05, 4.69) is 35.3 Å². The van der Waals surface area contributed by atoms with Crippen LogP contribution in [0.3, 0.4) is 0 Å². The van der Waals surface area contributed by atoms with E-state index in [1.54, 1.807) is 6.21 Å². The second-order valence-corrected chi connectivity index (χ2v) is 6.62. The van der Waals surface area contributed by atoms with Crippen molar-refractivity contribution < 1.29 is 9.47 Å². The lowest BCUT2D eigenvalue weighted by Crippen LogP contribution is -2.40. The Bertz CT molecular complexity index is 796. The number of rotatable bonds is 6. The third-order valence-electron chi connectivity index (χ3n) is 4.61. The fourth-order valence-electron chi connectivity index (χ4n) is 3.07. The summed E-state index contributed by atoms with van der Waals surface area (Å²) in [6.07, 6.45) is 5.53. The van der Waals surface area contributed by atoms with Gasteiger partial charge in [-0.25, -0.2) is 5.43 Å². The summed E-state index contributed by atoms with van der Waals surface area (Å²) in [4.78, 5) is 18.0. The highest BCUT2D eigenvalue weighted by atomic mass is 16.5. The molecule has 9 nitrogen and oxygen atoms in total. The molecule has 1 aromatic carbocycles. The van der Waals surface area contributed by atoms with Gasteiger partial charge in [0.25, 0.3) is 0 Å². The molecule has 1 N–H and O–H groups in total. The molecule has 2 aliphatic heterocycles. The van der Waals surface area contributed by atoms with Gasteiger partial charge in [0.15, 0.2) is 0 Å². The fourth-order valence-corrected chi connectivity index (χ4v) is 3.07. The zero-order chi connectivity index (χ0) is 19.7. The highest BCUT2D eigenvalue weighted by Gasteiger charge is 2.20. The van der Waals surface area contributed by atoms with Gasteiger partial charge >= 0.3 is 0 Å². The summed E-state index contributed by atoms with van der Waals surface area (Å²) < 4.78 is 10.9. The van der Waals surface area contributed by atoms with Gasteiger partial charge in [-0.2, -0.15) is 20.1 Å². The van der Waals surface area contributed by atoms with E-state index in [1.165, 1.54) is 0 Å². The SMILES string of the molecule is C(/C=C/c1ccccc1)=NNc1nc(N2CCOCC2)nc(N2CCOCC2)n1. The van der Waals surface area contributed by atoms with Gasteiger partial charge in [-0.15, -0.1) is 0 Å². The number of hydrogen-bond donors (Lipinski definition) is 1. The van der Waals surface area contributed by atoms with Crippen molar-refractivity contribution in [1.82, 2.24) is 15.0 Å². The lowest BCUT2D eigenvalue weighted by molar-refractivity contribution is 0.121. The summed E-state index contributed by atoms with van der Waals surface area (Å²) in [6, 6.07) is 10.1. The van der Waals surface area contributed by atoms with Crippen LogP contribution < -0.4 is 15.2 Å². The van der Waals surface area contributed by atoms with Gasteiger partial charge in [0.2, 0.25) is 17.8 Å². The summed E-state index contributed by atoms with van der Waals surface area (Å²) in [5.41, 5.74) is 4.04. The summed E-state index contributed by atoms with van der Waals surface area (Å²) in [5, 5.41) is 4.23. The minimum atomic E-state index is 0.423. The van der Waals surface area contributed by atoms with Crippen LogP contribution in [0.2, 0.25) is 0 Å². The Morgan fingerprint density at radius 2 is 1.41 bits per heavy atom. The Hall–Kier alpha value is -3.04. The number of morpholine rings is 2. The lowest BCUT2D eigenvalue weighted by Gasteiger charge is -2.30. The molecule has 0 unspecified atom stereocenters. The van der Waals surface area contributed by atoms with Crippen molar-refractivity contribution in [3.05, 3.63) is 42.0 Å². The smallest absolute Gasteiger partial charge is 0.250 e. The fraction of sp³-hybridized carbons (Fsp3) is 0.400. The molecule has 0 radical (unpaired) electrons. The first-order valence-corrected chi connectivity index (χ1v) is 9.81. The minimum Gasteiger partial charge on any atom is -0.378 e. The molecule has 2 saturated heterocycles. The number of hydrogen-bond acceptors (Lipinski definition) is 9. The van der Waals surface area contributed by atoms with Gasteiger partial charge in [0, 0.05) is 32.4 Å². The monoisotopic (exact) mass is 395 g/mol. The van der Waals surface area contributed by atoms with Crippen molar-refractivity contribution >= 4 is 30.1 Å². The average molecular weight is 395 g/mol. The molecule has 1 aromatic heterocycles. The quantitative estimate of drug-likeness (QED) is 0.584. The van der Waals surface area contributed by atoms with E-state index in [4.69, 9.17) is 9.47 Å². The van der Waals surface area contributed by atoms with Crippen LogP contribution in [0.1, 0.15) is 5.56 Å². The van der Waals surface area contributed by atoms with E-state index in [0.717, 1.165) is 31.7 Å². The topological polar surface area (TPSA) is 88.0 Å². The Kier molecular flexibility index (Phi) is 6.61. The largest absolute Gasteiger partial charge is 0.378 e. The molecular formula is C20H25N7O2. The van der Waals surface area contributed by atoms with Crippen molar-refractivity contribution in [2.24, 2.45) is 5.10 Å². The van der Waals surface area contributed by atoms with Crippen LogP contribution in [0.15, 0.2) is 41.5 Å². The van der Waals surface area contributed by atoms with Crippen LogP contribution in [0.4, 0.5) is 17.8 Å². The van der Waals surface area contributed by atoms with Crippen LogP contribution in [0.25, 0.3) is 6.08 Å². The summed E-state index contributed by atoms with van der Waals surface area (Å²) >= 11 is 0. The van der Waals surface area contributed by atoms with E-state index in [0.29, 0.717) is 44.3 Å². The molecule has 4 rings (SSSR count). The summed E-state index contributed by atoms with van der Waals surface area (Å²) in [6.45, 7) is 5.72. The lowest BCUT2D eigenvalue weighted by atomic mass is 10.2. The first-order chi connectivity index (χ1) is 14.4. The highest BCUT2D eigenvalue weighted by Crippen LogP contribution is 2.18. The van der Waals surface area contributed by atoms with Crippen molar-refractivity contribution in [2.45, 2.75) is 0 Å². The van der Waals surface area contributed by atoms with Crippen LogP contribution in [0.5, 0.6) is 0 Å². The highest BCUT2D eigenvalue weighted by molar-refractivity contribution is 5.78. The van der Waals surface area contributed by atoms with Crippen molar-refractivity contribution in [3.63, 3.8) is 0 Å². The van der Waals surface area contributed by atoms with E-state index in [-0.39, 0.29) is 0 Å². The normalized spacial score (nSPS) is 17.9. The Morgan fingerprint density at radius 3 is 2.00 bits per heavy atom. The third kappa shape index (κ3) is 5.49. The van der Waals surface area contributed by atoms with E-state index >= 15 is 0 Å². The molecule has 29 heavy (non-hydrogen) atoms. The second kappa shape index (κ2) is 9.94. The van der Waals surface area contributed by atoms with Crippen LogP contribution >= 0.6 is 0 Å². The van der Waals surface area contributed by atoms with Gasteiger partial charge in [-0.05, 0) is 11.6 Å². The molecule has 2 fully saturated rings. The predicted octanol–water partition coefficient (Wildman–Crippen LogP) is 1.66. The Morgan fingerprint density at radius 1 is 0.828 bits per heavy atom. The molecule has 0 aliphatic carbocycles. The molecule has 0 spiro atoms. The van der Waals surface area contributed by atoms with Gasteiger partial charge in [0.1, 0.15) is 0 Å². The maximum Gasteiger partial charge on any atom is 0.250 e. The first-order valence-electron chi connectivity index (χ1n) is 9.81. The summed E-state index contributed by atoms with van der Waals surface area (Å²) in [7, 11) is 0. The number of anilines is 3. The Balaban J connectivity index is 1.48. The Labute approximate surface area is 170 Å². The van der Waals surface area contributed by atoms with Crippen LogP contribution in [-0.4, -0.2) is 73.8 Å². The molecule has 2 aromatic rings. The van der Waals surface area contributed by atoms with E-state index in [9.17, 15) is 0 Å². The molecule has 0 saturated carbocycles. The number of benzene rings is 1. The van der Waals surface area contributed by atoms with Crippen molar-refractivity contribution in [2.75, 3.05) is 67.8 Å². The third-order valence-corrected chi connectivity index (χ3v) is 4.61. The van der Waals surface area contributed by atoms with Gasteiger partial charge < -0.3 is 19.3 Å². The number of hydrazone groups is 1. The van der Waals surface area contributed by atoms with Crippen molar-refractivity contribution in [3.8, 4) is 0 Å². The number of ether oxygens (including phenoxy) is 2. The molecule has 9 heteroatoms. The van der Waals surface area contributed by atoms with E-state index in [1.807, 2.05) is 42.5 Å². The molecule has 152 valence electrons. The second-order valence-electron chi connectivity index (χ2n) is 6.62. The predicted molar refractivity (Wildman–Crippen MR) is 113 cm³/mol. The van der Waals surface area contributed by atoms with Crippen LogP contribution in [0, 0.1) is 0 Å². The zero-order valence-electron chi connectivity index (χ0n) is 16.3. The van der Waals surface area contributed by atoms with Gasteiger partial charge in [-0.1, -0.05) is 36.4 Å². The maximum absolute atomic E-state index is 5.44. The van der Waals surface area contributed by atoms with Gasteiger partial charge in [0.05, 0.1) is 26.4 Å². The average Bonchev–Trinajstić information content (AvgIpc) is 2.80. The van der Waals surface area contributed by atoms with Crippen LogP contribution in [-0.2, 0) is 9.47 Å². The molecular weight excluding hydrogens is 370 g/mol. The standard InChI is InChI=1S/C20H25N7O2/c1-2-5-17(6-3-1)7-4-8-21-25-18-22-19(26-9-13-28-14-10-26)24-20(23-18)27-11-15-29-16-12-27/h1-8H,9-16H2,(H,22,23,24,25)/b7-4+,21-8?. The number of allylic oxidation sites excluding steroid dienone is 1. The minimum absolute atomic E-state index is 0.423. The number of nitrogens with one attached hydrogen (secondary N) is 1. The number of nitrogens with zero attached hydrogens (tertiary/aromatic N) is 6.